The van der Waals surface area contributed by atoms with Gasteiger partial charge in [-0.3, -0.25) is 19.7 Å². The van der Waals surface area contributed by atoms with Gasteiger partial charge in [0.15, 0.2) is 0 Å². The van der Waals surface area contributed by atoms with E-state index in [2.05, 4.69) is 10.6 Å². The molecule has 0 heterocycles. The number of anilines is 1. The number of hydrogen-bond donors (Lipinski definition) is 2. The van der Waals surface area contributed by atoms with Gasteiger partial charge in [0.05, 0.1) is 4.92 Å². The lowest BCUT2D eigenvalue weighted by Crippen LogP contribution is -2.25. The first kappa shape index (κ1) is 17.5. The normalized spacial score (nSPS) is 13.2. The lowest BCUT2D eigenvalue weighted by atomic mass is 10.1. The number of nitro groups is 1. The smallest absolute Gasteiger partial charge is 0.282 e. The molecule has 0 unspecified atom stereocenters. The molecule has 2 N–H and O–H groups in total. The van der Waals surface area contributed by atoms with Crippen molar-refractivity contribution in [3.63, 3.8) is 0 Å². The van der Waals surface area contributed by atoms with Crippen LogP contribution in [-0.4, -0.2) is 22.8 Å². The van der Waals surface area contributed by atoms with E-state index in [0.29, 0.717) is 16.8 Å². The Hall–Kier alpha value is -3.29. The molecule has 1 aliphatic carbocycles. The molecule has 1 saturated carbocycles. The number of aryl methyl sites for hydroxylation is 1. The van der Waals surface area contributed by atoms with Crippen LogP contribution in [0.1, 0.15) is 39.1 Å². The van der Waals surface area contributed by atoms with Crippen LogP contribution >= 0.6 is 0 Å². The summed E-state index contributed by atoms with van der Waals surface area (Å²) < 4.78 is 13.4. The third-order valence-corrected chi connectivity index (χ3v) is 4.05. The second kappa shape index (κ2) is 6.91. The van der Waals surface area contributed by atoms with Crippen molar-refractivity contribution in [1.29, 1.82) is 0 Å². The van der Waals surface area contributed by atoms with Crippen molar-refractivity contribution in [3.05, 3.63) is 69.0 Å². The van der Waals surface area contributed by atoms with Gasteiger partial charge in [-0.2, -0.15) is 0 Å². The average molecular weight is 357 g/mol. The monoisotopic (exact) mass is 357 g/mol. The van der Waals surface area contributed by atoms with Crippen molar-refractivity contribution in [1.82, 2.24) is 5.32 Å². The van der Waals surface area contributed by atoms with Crippen molar-refractivity contribution in [2.75, 3.05) is 5.32 Å². The number of nitro benzene ring substituents is 1. The number of nitrogens with zero attached hydrogens (tertiary/aromatic N) is 1. The summed E-state index contributed by atoms with van der Waals surface area (Å²) in [5.74, 6) is -1.73. The van der Waals surface area contributed by atoms with Crippen LogP contribution in [0, 0.1) is 22.9 Å². The Bertz CT molecular complexity index is 909. The van der Waals surface area contributed by atoms with Gasteiger partial charge in [-0.1, -0.05) is 0 Å². The standard InChI is InChI=1S/C18H16FN3O4/c1-10-8-11(17(23)20-13-4-5-13)2-6-15(10)21-18(24)14-9-12(19)3-7-16(14)22(25)26/h2-3,6-9,13H,4-5H2,1H3,(H,20,23)(H,21,24). The van der Waals surface area contributed by atoms with Gasteiger partial charge < -0.3 is 10.6 Å². The van der Waals surface area contributed by atoms with Crippen molar-refractivity contribution >= 4 is 23.2 Å². The zero-order chi connectivity index (χ0) is 18.8. The molecule has 8 heteroatoms. The third kappa shape index (κ3) is 3.85. The van der Waals surface area contributed by atoms with E-state index in [1.165, 1.54) is 0 Å². The van der Waals surface area contributed by atoms with Gasteiger partial charge in [0.25, 0.3) is 17.5 Å². The van der Waals surface area contributed by atoms with Crippen LogP contribution in [-0.2, 0) is 0 Å². The highest BCUT2D eigenvalue weighted by atomic mass is 19.1. The number of hydrogen-bond acceptors (Lipinski definition) is 4. The minimum atomic E-state index is -0.797. The second-order valence-electron chi connectivity index (χ2n) is 6.15. The molecule has 2 aromatic rings. The number of halogens is 1. The summed E-state index contributed by atoms with van der Waals surface area (Å²) in [5, 5.41) is 16.4. The highest BCUT2D eigenvalue weighted by molar-refractivity contribution is 6.07. The van der Waals surface area contributed by atoms with Gasteiger partial charge in [-0.25, -0.2) is 4.39 Å². The maximum atomic E-state index is 13.4. The van der Waals surface area contributed by atoms with Gasteiger partial charge in [-0.05, 0) is 55.7 Å². The van der Waals surface area contributed by atoms with E-state index in [-0.39, 0.29) is 17.5 Å². The summed E-state index contributed by atoms with van der Waals surface area (Å²) in [6, 6.07) is 7.64. The minimum absolute atomic E-state index is 0.186. The predicted octanol–water partition coefficient (Wildman–Crippen LogP) is 3.19. The molecule has 0 aliphatic heterocycles. The zero-order valence-corrected chi connectivity index (χ0v) is 13.9. The van der Waals surface area contributed by atoms with E-state index in [0.717, 1.165) is 31.0 Å². The maximum Gasteiger partial charge on any atom is 0.282 e. The molecule has 0 radical (unpaired) electrons. The first-order valence-corrected chi connectivity index (χ1v) is 8.02. The molecule has 7 nitrogen and oxygen atoms in total. The van der Waals surface area contributed by atoms with Gasteiger partial charge in [0.1, 0.15) is 11.4 Å². The van der Waals surface area contributed by atoms with Crippen molar-refractivity contribution in [3.8, 4) is 0 Å². The first-order valence-electron chi connectivity index (χ1n) is 8.02. The first-order chi connectivity index (χ1) is 12.3. The van der Waals surface area contributed by atoms with E-state index in [9.17, 15) is 24.1 Å². The predicted molar refractivity (Wildman–Crippen MR) is 92.7 cm³/mol. The van der Waals surface area contributed by atoms with E-state index in [1.807, 2.05) is 0 Å². The fraction of sp³-hybridized carbons (Fsp3) is 0.222. The Morgan fingerprint density at radius 1 is 1.15 bits per heavy atom. The molecular formula is C18H16FN3O4. The number of rotatable bonds is 5. The van der Waals surface area contributed by atoms with E-state index >= 15 is 0 Å². The van der Waals surface area contributed by atoms with Gasteiger partial charge in [0, 0.05) is 23.4 Å². The minimum Gasteiger partial charge on any atom is -0.349 e. The Labute approximate surface area is 148 Å². The number of carbonyl (C=O) groups is 2. The Balaban J connectivity index is 1.80. The van der Waals surface area contributed by atoms with Gasteiger partial charge in [-0.15, -0.1) is 0 Å². The molecule has 2 aromatic carbocycles. The molecule has 1 fully saturated rings. The topological polar surface area (TPSA) is 101 Å². The summed E-state index contributed by atoms with van der Waals surface area (Å²) in [7, 11) is 0. The number of benzene rings is 2. The molecule has 0 bridgehead atoms. The summed E-state index contributed by atoms with van der Waals surface area (Å²) in [5.41, 5.74) is 0.605. The zero-order valence-electron chi connectivity index (χ0n) is 13.9. The molecule has 0 saturated heterocycles. The SMILES string of the molecule is Cc1cc(C(=O)NC2CC2)ccc1NC(=O)c1cc(F)ccc1[N+](=O)[O-]. The largest absolute Gasteiger partial charge is 0.349 e. The molecule has 26 heavy (non-hydrogen) atoms. The van der Waals surface area contributed by atoms with Gasteiger partial charge in [0.2, 0.25) is 0 Å². The fourth-order valence-electron chi connectivity index (χ4n) is 2.48. The molecule has 1 aliphatic rings. The quantitative estimate of drug-likeness (QED) is 0.634. The Kier molecular flexibility index (Phi) is 4.66. The van der Waals surface area contributed by atoms with Crippen LogP contribution in [0.3, 0.4) is 0 Å². The molecule has 0 atom stereocenters. The maximum absolute atomic E-state index is 13.4. The number of amides is 2. The molecule has 134 valence electrons. The van der Waals surface area contributed by atoms with Crippen molar-refractivity contribution in [2.45, 2.75) is 25.8 Å². The van der Waals surface area contributed by atoms with Crippen molar-refractivity contribution < 1.29 is 18.9 Å². The van der Waals surface area contributed by atoms with Crippen LogP contribution < -0.4 is 10.6 Å². The summed E-state index contributed by atoms with van der Waals surface area (Å²) in [6.45, 7) is 1.70. The molecule has 0 spiro atoms. The van der Waals surface area contributed by atoms with E-state index < -0.39 is 22.3 Å². The lowest BCUT2D eigenvalue weighted by Gasteiger charge is -2.11. The van der Waals surface area contributed by atoms with Crippen LogP contribution in [0.15, 0.2) is 36.4 Å². The van der Waals surface area contributed by atoms with E-state index in [1.54, 1.807) is 25.1 Å². The summed E-state index contributed by atoms with van der Waals surface area (Å²) >= 11 is 0. The van der Waals surface area contributed by atoms with E-state index in [4.69, 9.17) is 0 Å². The Morgan fingerprint density at radius 3 is 2.50 bits per heavy atom. The third-order valence-electron chi connectivity index (χ3n) is 4.05. The van der Waals surface area contributed by atoms with Crippen LogP contribution in [0.5, 0.6) is 0 Å². The van der Waals surface area contributed by atoms with Gasteiger partial charge >= 0.3 is 0 Å². The number of carbonyl (C=O) groups excluding carboxylic acids is 2. The summed E-state index contributed by atoms with van der Waals surface area (Å²) in [6.07, 6.45) is 1.95. The highest BCUT2D eigenvalue weighted by Crippen LogP contribution is 2.24. The molecule has 0 aromatic heterocycles. The molecule has 2 amide bonds. The fourth-order valence-corrected chi connectivity index (χ4v) is 2.48. The molecule has 3 rings (SSSR count). The number of nitrogens with one attached hydrogen (secondary N) is 2. The van der Waals surface area contributed by atoms with Crippen LogP contribution in [0.2, 0.25) is 0 Å². The van der Waals surface area contributed by atoms with Crippen LogP contribution in [0.25, 0.3) is 0 Å². The highest BCUT2D eigenvalue weighted by Gasteiger charge is 2.24. The summed E-state index contributed by atoms with van der Waals surface area (Å²) in [4.78, 5) is 34.7. The Morgan fingerprint density at radius 2 is 1.88 bits per heavy atom. The molecular weight excluding hydrogens is 341 g/mol. The lowest BCUT2D eigenvalue weighted by molar-refractivity contribution is -0.385. The van der Waals surface area contributed by atoms with Crippen molar-refractivity contribution in [2.24, 2.45) is 0 Å². The average Bonchev–Trinajstić information content (AvgIpc) is 3.40. The van der Waals surface area contributed by atoms with Crippen LogP contribution in [0.4, 0.5) is 15.8 Å². The second-order valence-corrected chi connectivity index (χ2v) is 6.15.